The lowest BCUT2D eigenvalue weighted by Crippen LogP contribution is -2.30. The molecule has 0 aliphatic rings. The van der Waals surface area contributed by atoms with Gasteiger partial charge in [-0.15, -0.1) is 0 Å². The molecule has 0 bridgehead atoms. The van der Waals surface area contributed by atoms with Crippen LogP contribution in [0.4, 0.5) is 0 Å². The molecule has 3 N–H and O–H groups in total. The Morgan fingerprint density at radius 3 is 2.08 bits per heavy atom. The summed E-state index contributed by atoms with van der Waals surface area (Å²) in [6.45, 7) is 3.73. The van der Waals surface area contributed by atoms with Gasteiger partial charge >= 0.3 is 0 Å². The molecule has 0 amide bonds. The van der Waals surface area contributed by atoms with Crippen molar-refractivity contribution >= 4 is 0 Å². The van der Waals surface area contributed by atoms with E-state index in [1.54, 1.807) is 0 Å². The van der Waals surface area contributed by atoms with Crippen molar-refractivity contribution in [1.29, 1.82) is 0 Å². The fourth-order valence-electron chi connectivity index (χ4n) is 1.32. The minimum atomic E-state index is -0.820. The maximum absolute atomic E-state index is 9.83. The van der Waals surface area contributed by atoms with E-state index >= 15 is 0 Å². The first kappa shape index (κ1) is 11.9. The number of aliphatic hydroxyl groups is 3. The van der Waals surface area contributed by atoms with Gasteiger partial charge in [0.05, 0.1) is 5.60 Å². The van der Waals surface area contributed by atoms with Crippen LogP contribution in [0.5, 0.6) is 0 Å². The molecule has 0 saturated heterocycles. The van der Waals surface area contributed by atoms with E-state index in [-0.39, 0.29) is 13.2 Å². The molecule has 0 aromatic heterocycles. The Kier molecular flexibility index (Phi) is 6.34. The van der Waals surface area contributed by atoms with Crippen molar-refractivity contribution in [1.82, 2.24) is 0 Å². The van der Waals surface area contributed by atoms with Gasteiger partial charge in [0.1, 0.15) is 0 Å². The highest BCUT2D eigenvalue weighted by molar-refractivity contribution is 4.78. The molecule has 0 aromatic carbocycles. The monoisotopic (exact) mass is 175 g/mol. The highest BCUT2D eigenvalue weighted by atomic mass is 16.3. The van der Waals surface area contributed by atoms with Crippen LogP contribution in [-0.4, -0.2) is 34.1 Å². The van der Waals surface area contributed by atoms with Gasteiger partial charge in [0.15, 0.2) is 0 Å². The zero-order chi connectivity index (χ0) is 9.45. The summed E-state index contributed by atoms with van der Waals surface area (Å²) in [6.07, 6.45) is 2.74. The topological polar surface area (TPSA) is 60.7 Å². The van der Waals surface area contributed by atoms with E-state index < -0.39 is 5.60 Å². The van der Waals surface area contributed by atoms with Gasteiger partial charge in [0, 0.05) is 13.2 Å². The van der Waals surface area contributed by atoms with Crippen molar-refractivity contribution < 1.29 is 15.3 Å². The molecule has 1 atom stereocenters. The van der Waals surface area contributed by atoms with Crippen molar-refractivity contribution in [2.75, 3.05) is 13.2 Å². The predicted molar refractivity (Wildman–Crippen MR) is 47.6 cm³/mol. The number of aliphatic hydroxyl groups excluding tert-OH is 2. The van der Waals surface area contributed by atoms with Crippen LogP contribution < -0.4 is 0 Å². The van der Waals surface area contributed by atoms with Crippen molar-refractivity contribution in [3.63, 3.8) is 0 Å². The van der Waals surface area contributed by atoms with Crippen molar-refractivity contribution in [3.8, 4) is 0 Å². The molecule has 0 aromatic rings. The third kappa shape index (κ3) is 4.70. The molecule has 1 radical (unpaired) electrons. The van der Waals surface area contributed by atoms with Gasteiger partial charge in [-0.2, -0.15) is 0 Å². The fraction of sp³-hybridized carbons (Fsp3) is 0.889. The molecular formula is C9H19O3. The van der Waals surface area contributed by atoms with Gasteiger partial charge in [-0.1, -0.05) is 13.3 Å². The van der Waals surface area contributed by atoms with Gasteiger partial charge < -0.3 is 15.3 Å². The van der Waals surface area contributed by atoms with Gasteiger partial charge in [-0.25, -0.2) is 0 Å². The van der Waals surface area contributed by atoms with Crippen LogP contribution in [0.2, 0.25) is 0 Å². The maximum atomic E-state index is 9.83. The highest BCUT2D eigenvalue weighted by Gasteiger charge is 2.24. The number of hydrogen-bond donors (Lipinski definition) is 3. The lowest BCUT2D eigenvalue weighted by molar-refractivity contribution is -0.00408. The van der Waals surface area contributed by atoms with Crippen LogP contribution >= 0.6 is 0 Å². The second kappa shape index (κ2) is 6.40. The van der Waals surface area contributed by atoms with E-state index in [9.17, 15) is 5.11 Å². The first-order chi connectivity index (χ1) is 5.68. The van der Waals surface area contributed by atoms with E-state index in [0.717, 1.165) is 0 Å². The average molecular weight is 175 g/mol. The van der Waals surface area contributed by atoms with E-state index in [0.29, 0.717) is 32.1 Å². The summed E-state index contributed by atoms with van der Waals surface area (Å²) in [4.78, 5) is 0. The molecule has 0 aliphatic carbocycles. The lowest BCUT2D eigenvalue weighted by atomic mass is 9.89. The first-order valence-corrected chi connectivity index (χ1v) is 4.42. The first-order valence-electron chi connectivity index (χ1n) is 4.42. The molecule has 0 aliphatic heterocycles. The Balaban J connectivity index is 3.80. The van der Waals surface area contributed by atoms with Gasteiger partial charge in [0.2, 0.25) is 0 Å². The summed E-state index contributed by atoms with van der Waals surface area (Å²) < 4.78 is 0. The highest BCUT2D eigenvalue weighted by Crippen LogP contribution is 2.22. The normalized spacial score (nSPS) is 16.0. The quantitative estimate of drug-likeness (QED) is 0.527. The Hall–Kier alpha value is -0.120. The summed E-state index contributed by atoms with van der Waals surface area (Å²) in [5, 5.41) is 27.1. The zero-order valence-corrected chi connectivity index (χ0v) is 7.50. The average Bonchev–Trinajstić information content (AvgIpc) is 2.02. The molecule has 3 heteroatoms. The van der Waals surface area contributed by atoms with Crippen LogP contribution in [0.1, 0.15) is 32.1 Å². The minimum Gasteiger partial charge on any atom is -0.396 e. The molecule has 73 valence electrons. The standard InChI is InChI=1S/C9H19O3/c1-2-4-9(12,6-8-11)5-3-7-10/h10-12H,1-8H2. The molecule has 0 saturated carbocycles. The molecule has 0 spiro atoms. The van der Waals surface area contributed by atoms with Crippen molar-refractivity contribution in [3.05, 3.63) is 6.92 Å². The van der Waals surface area contributed by atoms with E-state index in [1.807, 2.05) is 0 Å². The van der Waals surface area contributed by atoms with E-state index in [4.69, 9.17) is 10.2 Å². The lowest BCUT2D eigenvalue weighted by Gasteiger charge is -2.26. The second-order valence-electron chi connectivity index (χ2n) is 3.13. The van der Waals surface area contributed by atoms with Gasteiger partial charge in [-0.05, 0) is 25.7 Å². The van der Waals surface area contributed by atoms with E-state index in [1.165, 1.54) is 0 Å². The van der Waals surface area contributed by atoms with Crippen molar-refractivity contribution in [2.45, 2.75) is 37.7 Å². The predicted octanol–water partition coefficient (Wildman–Crippen LogP) is 0.487. The van der Waals surface area contributed by atoms with Crippen LogP contribution in [-0.2, 0) is 0 Å². The summed E-state index contributed by atoms with van der Waals surface area (Å²) in [7, 11) is 0. The van der Waals surface area contributed by atoms with Crippen LogP contribution in [0.3, 0.4) is 0 Å². The summed E-state index contributed by atoms with van der Waals surface area (Å²) in [5.41, 5.74) is -0.820. The van der Waals surface area contributed by atoms with Crippen molar-refractivity contribution in [2.24, 2.45) is 0 Å². The largest absolute Gasteiger partial charge is 0.396 e. The Bertz CT molecular complexity index is 97.9. The van der Waals surface area contributed by atoms with Crippen LogP contribution in [0.25, 0.3) is 0 Å². The number of rotatable bonds is 7. The van der Waals surface area contributed by atoms with Gasteiger partial charge in [-0.3, -0.25) is 0 Å². The Morgan fingerprint density at radius 2 is 1.67 bits per heavy atom. The maximum Gasteiger partial charge on any atom is 0.0670 e. The smallest absolute Gasteiger partial charge is 0.0670 e. The third-order valence-corrected chi connectivity index (χ3v) is 2.02. The Morgan fingerprint density at radius 1 is 1.00 bits per heavy atom. The number of hydrogen-bond acceptors (Lipinski definition) is 3. The summed E-state index contributed by atoms with van der Waals surface area (Å²) >= 11 is 0. The molecule has 0 heterocycles. The molecule has 12 heavy (non-hydrogen) atoms. The second-order valence-corrected chi connectivity index (χ2v) is 3.13. The SMILES string of the molecule is [CH2]CCC(O)(CCO)CCCO. The minimum absolute atomic E-state index is 0.0120. The fourth-order valence-corrected chi connectivity index (χ4v) is 1.32. The van der Waals surface area contributed by atoms with Crippen LogP contribution in [0, 0.1) is 6.92 Å². The summed E-state index contributed by atoms with van der Waals surface area (Å²) in [6, 6.07) is 0. The molecule has 0 fully saturated rings. The third-order valence-electron chi connectivity index (χ3n) is 2.02. The zero-order valence-electron chi connectivity index (χ0n) is 7.50. The Labute approximate surface area is 74.0 Å². The van der Waals surface area contributed by atoms with Gasteiger partial charge in [0.25, 0.3) is 0 Å². The molecule has 3 nitrogen and oxygen atoms in total. The molecular weight excluding hydrogens is 156 g/mol. The van der Waals surface area contributed by atoms with Crippen LogP contribution in [0.15, 0.2) is 0 Å². The molecule has 0 rings (SSSR count). The molecule has 1 unspecified atom stereocenters. The summed E-state index contributed by atoms with van der Waals surface area (Å²) in [5.74, 6) is 0. The van der Waals surface area contributed by atoms with E-state index in [2.05, 4.69) is 6.92 Å².